The van der Waals surface area contributed by atoms with Gasteiger partial charge in [-0.2, -0.15) is 0 Å². The van der Waals surface area contributed by atoms with Crippen molar-refractivity contribution in [3.05, 3.63) is 75.7 Å². The molecule has 2 aromatic carbocycles. The number of hydrogen-bond acceptors (Lipinski definition) is 4. The number of benzene rings is 2. The van der Waals surface area contributed by atoms with Crippen LogP contribution < -0.4 is 4.72 Å². The smallest absolute Gasteiger partial charge is 0.133 e. The highest BCUT2D eigenvalue weighted by atomic mass is 35.5. The second kappa shape index (κ2) is 6.64. The van der Waals surface area contributed by atoms with Crippen LogP contribution in [0.4, 0.5) is 10.1 Å². The van der Waals surface area contributed by atoms with Crippen molar-refractivity contribution in [3.63, 3.8) is 0 Å². The Kier molecular flexibility index (Phi) is 4.59. The quantitative estimate of drug-likeness (QED) is 0.794. The molecule has 118 valence electrons. The van der Waals surface area contributed by atoms with Crippen LogP contribution in [0.15, 0.2) is 58.7 Å². The van der Waals surface area contributed by atoms with E-state index in [-0.39, 0.29) is 5.82 Å². The van der Waals surface area contributed by atoms with Crippen molar-refractivity contribution < 1.29 is 4.39 Å². The summed E-state index contributed by atoms with van der Waals surface area (Å²) in [7, 11) is 3.85. The summed E-state index contributed by atoms with van der Waals surface area (Å²) in [5.74, 6) is -0.310. The van der Waals surface area contributed by atoms with E-state index in [0.717, 1.165) is 16.3 Å². The SMILES string of the molecule is CN(C)/C=C1\N=C(c2ccccc2Cl)c2cc(F)ccc2NS1. The highest BCUT2D eigenvalue weighted by Gasteiger charge is 2.19. The fraction of sp³-hybridized carbons (Fsp3) is 0.118. The predicted molar refractivity (Wildman–Crippen MR) is 96.5 cm³/mol. The zero-order valence-electron chi connectivity index (χ0n) is 12.7. The van der Waals surface area contributed by atoms with E-state index in [9.17, 15) is 4.39 Å². The number of fused-ring (bicyclic) bond motifs is 1. The van der Waals surface area contributed by atoms with E-state index < -0.39 is 0 Å². The second-order valence-electron chi connectivity index (χ2n) is 5.27. The Balaban J connectivity index is 2.23. The monoisotopic (exact) mass is 347 g/mol. The van der Waals surface area contributed by atoms with Crippen molar-refractivity contribution >= 4 is 34.9 Å². The van der Waals surface area contributed by atoms with Crippen molar-refractivity contribution in [2.24, 2.45) is 4.99 Å². The molecule has 0 amide bonds. The van der Waals surface area contributed by atoms with Gasteiger partial charge in [-0.15, -0.1) is 0 Å². The Morgan fingerprint density at radius 2 is 1.96 bits per heavy atom. The van der Waals surface area contributed by atoms with Crippen LogP contribution in [0.5, 0.6) is 0 Å². The summed E-state index contributed by atoms with van der Waals surface area (Å²) >= 11 is 7.72. The van der Waals surface area contributed by atoms with Crippen LogP contribution in [0.2, 0.25) is 5.02 Å². The molecule has 23 heavy (non-hydrogen) atoms. The van der Waals surface area contributed by atoms with E-state index in [0.29, 0.717) is 16.3 Å². The highest BCUT2D eigenvalue weighted by Crippen LogP contribution is 2.33. The van der Waals surface area contributed by atoms with Gasteiger partial charge in [-0.25, -0.2) is 9.38 Å². The molecular formula is C17H15ClFN3S. The van der Waals surface area contributed by atoms with Gasteiger partial charge in [-0.3, -0.25) is 0 Å². The van der Waals surface area contributed by atoms with Gasteiger partial charge in [0.05, 0.1) is 11.4 Å². The lowest BCUT2D eigenvalue weighted by Crippen LogP contribution is -2.06. The Hall–Kier alpha value is -1.98. The molecule has 3 rings (SSSR count). The number of halogens is 2. The van der Waals surface area contributed by atoms with E-state index in [1.807, 2.05) is 43.4 Å². The minimum absolute atomic E-state index is 0.310. The molecule has 1 N–H and O–H groups in total. The summed E-state index contributed by atoms with van der Waals surface area (Å²) in [5, 5.41) is 1.35. The Bertz CT molecular complexity index is 802. The van der Waals surface area contributed by atoms with Gasteiger partial charge in [0.15, 0.2) is 0 Å². The minimum Gasteiger partial charge on any atom is -0.381 e. The van der Waals surface area contributed by atoms with E-state index in [1.54, 1.807) is 12.1 Å². The third-order valence-corrected chi connectivity index (χ3v) is 4.28. The van der Waals surface area contributed by atoms with Gasteiger partial charge in [0, 0.05) is 48.4 Å². The fourth-order valence-electron chi connectivity index (χ4n) is 2.24. The Morgan fingerprint density at radius 3 is 2.70 bits per heavy atom. The van der Waals surface area contributed by atoms with Crippen molar-refractivity contribution in [2.45, 2.75) is 0 Å². The molecule has 0 bridgehead atoms. The molecule has 0 radical (unpaired) electrons. The van der Waals surface area contributed by atoms with Crippen LogP contribution in [0.3, 0.4) is 0 Å². The van der Waals surface area contributed by atoms with E-state index in [1.165, 1.54) is 24.1 Å². The summed E-state index contributed by atoms with van der Waals surface area (Å²) in [6.45, 7) is 0. The first kappa shape index (κ1) is 15.9. The molecule has 0 aromatic heterocycles. The molecule has 0 saturated carbocycles. The van der Waals surface area contributed by atoms with Crippen LogP contribution in [-0.4, -0.2) is 24.7 Å². The highest BCUT2D eigenvalue weighted by molar-refractivity contribution is 8.04. The summed E-state index contributed by atoms with van der Waals surface area (Å²) in [4.78, 5) is 6.63. The first-order chi connectivity index (χ1) is 11.0. The number of aliphatic imine (C=N–C) groups is 1. The largest absolute Gasteiger partial charge is 0.381 e. The van der Waals surface area contributed by atoms with Gasteiger partial charge in [0.1, 0.15) is 10.8 Å². The molecule has 3 nitrogen and oxygen atoms in total. The predicted octanol–water partition coefficient (Wildman–Crippen LogP) is 4.75. The summed E-state index contributed by atoms with van der Waals surface area (Å²) < 4.78 is 17.0. The van der Waals surface area contributed by atoms with Crippen LogP contribution in [0.1, 0.15) is 11.1 Å². The first-order valence-corrected chi connectivity index (χ1v) is 8.18. The maximum Gasteiger partial charge on any atom is 0.133 e. The summed E-state index contributed by atoms with van der Waals surface area (Å²) in [6.07, 6.45) is 1.90. The summed E-state index contributed by atoms with van der Waals surface area (Å²) in [6, 6.07) is 12.1. The van der Waals surface area contributed by atoms with Crippen molar-refractivity contribution in [3.8, 4) is 0 Å². The molecule has 0 atom stereocenters. The molecule has 0 fully saturated rings. The molecule has 0 unspecified atom stereocenters. The zero-order chi connectivity index (χ0) is 16.4. The van der Waals surface area contributed by atoms with Crippen molar-refractivity contribution in [2.75, 3.05) is 18.8 Å². The summed E-state index contributed by atoms with van der Waals surface area (Å²) in [5.41, 5.74) is 2.91. The molecule has 1 aliphatic heterocycles. The molecule has 1 aliphatic rings. The first-order valence-electron chi connectivity index (χ1n) is 6.99. The van der Waals surface area contributed by atoms with Crippen LogP contribution >= 0.6 is 23.5 Å². The van der Waals surface area contributed by atoms with Gasteiger partial charge in [-0.1, -0.05) is 29.8 Å². The Morgan fingerprint density at radius 1 is 1.17 bits per heavy atom. The van der Waals surface area contributed by atoms with Gasteiger partial charge in [-0.05, 0) is 24.3 Å². The third kappa shape index (κ3) is 3.51. The number of nitrogens with zero attached hydrogens (tertiary/aromatic N) is 2. The number of hydrogen-bond donors (Lipinski definition) is 1. The average molecular weight is 348 g/mol. The average Bonchev–Trinajstić information content (AvgIpc) is 2.67. The molecule has 6 heteroatoms. The maximum atomic E-state index is 13.8. The zero-order valence-corrected chi connectivity index (χ0v) is 14.2. The normalized spacial score (nSPS) is 15.5. The van der Waals surface area contributed by atoms with Crippen molar-refractivity contribution in [1.82, 2.24) is 4.90 Å². The molecular weight excluding hydrogens is 333 g/mol. The number of anilines is 1. The fourth-order valence-corrected chi connectivity index (χ4v) is 3.25. The molecule has 0 aliphatic carbocycles. The Labute approximate surface area is 144 Å². The van der Waals surface area contributed by atoms with Crippen molar-refractivity contribution in [1.29, 1.82) is 0 Å². The lowest BCUT2D eigenvalue weighted by atomic mass is 10.0. The lowest BCUT2D eigenvalue weighted by Gasteiger charge is -2.11. The van der Waals surface area contributed by atoms with Crippen LogP contribution in [-0.2, 0) is 0 Å². The van der Waals surface area contributed by atoms with Gasteiger partial charge < -0.3 is 9.62 Å². The second-order valence-corrected chi connectivity index (χ2v) is 6.50. The maximum absolute atomic E-state index is 13.8. The van der Waals surface area contributed by atoms with Gasteiger partial charge in [0.25, 0.3) is 0 Å². The molecule has 2 aromatic rings. The van der Waals surface area contributed by atoms with E-state index in [2.05, 4.69) is 4.72 Å². The number of nitrogens with one attached hydrogen (secondary N) is 1. The molecule has 0 spiro atoms. The third-order valence-electron chi connectivity index (χ3n) is 3.22. The standard InChI is InChI=1S/C17H15ClFN3S/c1-22(2)10-16-20-17(12-5-3-4-6-14(12)18)13-9-11(19)7-8-15(13)21-23-16/h3-10,21H,1-2H3/b16-10+. The lowest BCUT2D eigenvalue weighted by molar-refractivity contribution is 0.561. The molecule has 1 heterocycles. The van der Waals surface area contributed by atoms with E-state index >= 15 is 0 Å². The van der Waals surface area contributed by atoms with E-state index in [4.69, 9.17) is 16.6 Å². The minimum atomic E-state index is -0.310. The van der Waals surface area contributed by atoms with Gasteiger partial charge in [0.2, 0.25) is 0 Å². The number of rotatable bonds is 2. The van der Waals surface area contributed by atoms with Crippen LogP contribution in [0.25, 0.3) is 0 Å². The molecule has 0 saturated heterocycles. The van der Waals surface area contributed by atoms with Crippen LogP contribution in [0, 0.1) is 5.82 Å². The topological polar surface area (TPSA) is 27.6 Å². The van der Waals surface area contributed by atoms with Gasteiger partial charge >= 0.3 is 0 Å².